The highest BCUT2D eigenvalue weighted by atomic mass is 35.5. The molecule has 1 aromatic carbocycles. The smallest absolute Gasteiger partial charge is 0.292 e. The van der Waals surface area contributed by atoms with Gasteiger partial charge in [0, 0.05) is 12.0 Å². The molecule has 2 rings (SSSR count). The molecule has 1 aliphatic carbocycles. The number of carbonyl (C=O) groups is 1. The Morgan fingerprint density at radius 3 is 2.40 bits per heavy atom. The van der Waals surface area contributed by atoms with Crippen LogP contribution in [0, 0.1) is 0 Å². The molecule has 0 amide bonds. The van der Waals surface area contributed by atoms with Crippen LogP contribution >= 0.6 is 11.6 Å². The van der Waals surface area contributed by atoms with Crippen molar-refractivity contribution in [3.63, 3.8) is 0 Å². The lowest BCUT2D eigenvalue weighted by molar-refractivity contribution is -0.148. The fourth-order valence-electron chi connectivity index (χ4n) is 1.68. The van der Waals surface area contributed by atoms with Crippen molar-refractivity contribution in [2.45, 2.75) is 17.5 Å². The molecule has 0 radical (unpaired) electrons. The molecule has 0 saturated heterocycles. The normalized spacial score (nSPS) is 25.5. The van der Waals surface area contributed by atoms with Gasteiger partial charge in [-0.3, -0.25) is 4.79 Å². The molecule has 1 unspecified atom stereocenters. The molecule has 0 N–H and O–H groups in total. The zero-order chi connectivity index (χ0) is 11.3. The molecule has 0 bridgehead atoms. The quantitative estimate of drug-likeness (QED) is 0.631. The molecule has 15 heavy (non-hydrogen) atoms. The Labute approximate surface area is 88.8 Å². The second-order valence-corrected chi connectivity index (χ2v) is 4.11. The summed E-state index contributed by atoms with van der Waals surface area (Å²) in [6, 6.07) is 5.97. The maximum Gasteiger partial charge on any atom is 0.415 e. The van der Waals surface area contributed by atoms with Crippen LogP contribution in [0.4, 0.5) is 13.2 Å². The third kappa shape index (κ3) is 1.35. The second kappa shape index (κ2) is 2.98. The molecule has 1 nitrogen and oxygen atoms in total. The van der Waals surface area contributed by atoms with Crippen LogP contribution in [-0.4, -0.2) is 16.8 Å². The number of alkyl halides is 4. The number of ketones is 1. The van der Waals surface area contributed by atoms with Crippen molar-refractivity contribution in [2.24, 2.45) is 0 Å². The Morgan fingerprint density at radius 1 is 1.27 bits per heavy atom. The lowest BCUT2D eigenvalue weighted by Crippen LogP contribution is -2.45. The predicted molar refractivity (Wildman–Crippen MR) is 49.1 cm³/mol. The molecule has 1 atom stereocenters. The second-order valence-electron chi connectivity index (χ2n) is 3.46. The Bertz CT molecular complexity index is 427. The highest BCUT2D eigenvalue weighted by Gasteiger charge is 2.62. The van der Waals surface area contributed by atoms with E-state index in [9.17, 15) is 18.0 Å². The molecule has 0 saturated carbocycles. The van der Waals surface area contributed by atoms with Gasteiger partial charge in [0.05, 0.1) is 0 Å². The Balaban J connectivity index is 2.52. The van der Waals surface area contributed by atoms with Crippen molar-refractivity contribution in [2.75, 3.05) is 0 Å². The van der Waals surface area contributed by atoms with Gasteiger partial charge in [-0.2, -0.15) is 13.2 Å². The van der Waals surface area contributed by atoms with E-state index in [0.717, 1.165) is 0 Å². The summed E-state index contributed by atoms with van der Waals surface area (Å²) in [6.45, 7) is 0. The zero-order valence-electron chi connectivity index (χ0n) is 7.44. The van der Waals surface area contributed by atoms with Gasteiger partial charge in [0.25, 0.3) is 0 Å². The van der Waals surface area contributed by atoms with Crippen LogP contribution in [-0.2, 0) is 6.42 Å². The van der Waals surface area contributed by atoms with E-state index in [1.165, 1.54) is 18.2 Å². The van der Waals surface area contributed by atoms with E-state index < -0.39 is 23.3 Å². The fourth-order valence-corrected chi connectivity index (χ4v) is 1.93. The number of rotatable bonds is 0. The van der Waals surface area contributed by atoms with Gasteiger partial charge in [0.15, 0.2) is 5.78 Å². The van der Waals surface area contributed by atoms with Crippen molar-refractivity contribution in [3.05, 3.63) is 35.4 Å². The molecule has 1 aromatic rings. The lowest BCUT2D eigenvalue weighted by Gasteiger charge is -2.22. The maximum absolute atomic E-state index is 12.6. The molecule has 0 heterocycles. The fraction of sp³-hybridized carbons (Fsp3) is 0.300. The van der Waals surface area contributed by atoms with E-state index in [2.05, 4.69) is 0 Å². The molecule has 80 valence electrons. The average molecular weight is 235 g/mol. The Kier molecular flexibility index (Phi) is 2.08. The highest BCUT2D eigenvalue weighted by Crippen LogP contribution is 2.46. The van der Waals surface area contributed by atoms with Crippen LogP contribution in [0.3, 0.4) is 0 Å². The predicted octanol–water partition coefficient (Wildman–Crippen LogP) is 2.97. The number of hydrogen-bond donors (Lipinski definition) is 0. The first-order chi connectivity index (χ1) is 6.86. The first kappa shape index (κ1) is 10.5. The highest BCUT2D eigenvalue weighted by molar-refractivity contribution is 6.40. The summed E-state index contributed by atoms with van der Waals surface area (Å²) in [5.74, 6) is -1.05. The topological polar surface area (TPSA) is 17.1 Å². The molecule has 0 aromatic heterocycles. The number of carbonyl (C=O) groups excluding carboxylic acids is 1. The van der Waals surface area contributed by atoms with Crippen molar-refractivity contribution in [1.82, 2.24) is 0 Å². The molecule has 1 aliphatic rings. The van der Waals surface area contributed by atoms with Crippen LogP contribution in [0.1, 0.15) is 15.9 Å². The maximum atomic E-state index is 12.6. The minimum absolute atomic E-state index is 0.0739. The van der Waals surface area contributed by atoms with E-state index in [1.807, 2.05) is 0 Å². The van der Waals surface area contributed by atoms with Gasteiger partial charge in [-0.25, -0.2) is 0 Å². The standard InChI is InChI=1S/C10H6ClF3O/c11-9(10(12,13)14)5-6-3-1-2-4-7(6)8(9)15/h1-4H,5H2. The monoisotopic (exact) mass is 234 g/mol. The van der Waals surface area contributed by atoms with E-state index >= 15 is 0 Å². The summed E-state index contributed by atoms with van der Waals surface area (Å²) in [5, 5.41) is 0. The van der Waals surface area contributed by atoms with Crippen LogP contribution in [0.5, 0.6) is 0 Å². The van der Waals surface area contributed by atoms with Crippen LogP contribution < -0.4 is 0 Å². The van der Waals surface area contributed by atoms with E-state index in [4.69, 9.17) is 11.6 Å². The molecule has 5 heteroatoms. The van der Waals surface area contributed by atoms with Crippen molar-refractivity contribution in [3.8, 4) is 0 Å². The Morgan fingerprint density at radius 2 is 1.87 bits per heavy atom. The summed E-state index contributed by atoms with van der Waals surface area (Å²) >= 11 is 5.39. The number of halogens is 4. The van der Waals surface area contributed by atoms with Crippen LogP contribution in [0.2, 0.25) is 0 Å². The number of Topliss-reactive ketones (excluding diaryl/α,β-unsaturated/α-hetero) is 1. The molecule has 0 aliphatic heterocycles. The minimum atomic E-state index is -4.72. The molecule has 0 fully saturated rings. The van der Waals surface area contributed by atoms with Gasteiger partial charge in [-0.1, -0.05) is 35.9 Å². The van der Waals surface area contributed by atoms with Gasteiger partial charge in [0.2, 0.25) is 4.87 Å². The SMILES string of the molecule is O=C1c2ccccc2CC1(Cl)C(F)(F)F. The summed E-state index contributed by atoms with van der Waals surface area (Å²) in [7, 11) is 0. The third-order valence-electron chi connectivity index (χ3n) is 2.51. The van der Waals surface area contributed by atoms with Gasteiger partial charge in [-0.05, 0) is 5.56 Å². The summed E-state index contributed by atoms with van der Waals surface area (Å²) in [4.78, 5) is 8.75. The largest absolute Gasteiger partial charge is 0.415 e. The summed E-state index contributed by atoms with van der Waals surface area (Å²) < 4.78 is 37.8. The number of hydrogen-bond acceptors (Lipinski definition) is 1. The third-order valence-corrected chi connectivity index (χ3v) is 3.02. The molecule has 0 spiro atoms. The number of benzene rings is 1. The minimum Gasteiger partial charge on any atom is -0.292 e. The van der Waals surface area contributed by atoms with Crippen molar-refractivity contribution < 1.29 is 18.0 Å². The van der Waals surface area contributed by atoms with Crippen LogP contribution in [0.15, 0.2) is 24.3 Å². The van der Waals surface area contributed by atoms with Gasteiger partial charge in [0.1, 0.15) is 0 Å². The van der Waals surface area contributed by atoms with E-state index in [1.54, 1.807) is 6.07 Å². The van der Waals surface area contributed by atoms with Crippen molar-refractivity contribution >= 4 is 17.4 Å². The molecular weight excluding hydrogens is 229 g/mol. The first-order valence-electron chi connectivity index (χ1n) is 4.24. The lowest BCUT2D eigenvalue weighted by atomic mass is 10.0. The summed E-state index contributed by atoms with van der Waals surface area (Å²) in [5.41, 5.74) is 0.430. The first-order valence-corrected chi connectivity index (χ1v) is 4.62. The van der Waals surface area contributed by atoms with Gasteiger partial charge in [-0.15, -0.1) is 0 Å². The molecular formula is C10H6ClF3O. The van der Waals surface area contributed by atoms with E-state index in [0.29, 0.717) is 5.56 Å². The number of fused-ring (bicyclic) bond motifs is 1. The Hall–Kier alpha value is -1.03. The average Bonchev–Trinajstić information content (AvgIpc) is 2.40. The van der Waals surface area contributed by atoms with Gasteiger partial charge >= 0.3 is 6.18 Å². The zero-order valence-corrected chi connectivity index (χ0v) is 8.19. The van der Waals surface area contributed by atoms with E-state index in [-0.39, 0.29) is 5.56 Å². The van der Waals surface area contributed by atoms with Gasteiger partial charge < -0.3 is 0 Å². The van der Waals surface area contributed by atoms with Crippen molar-refractivity contribution in [1.29, 1.82) is 0 Å². The van der Waals surface area contributed by atoms with Crippen LogP contribution in [0.25, 0.3) is 0 Å². The summed E-state index contributed by atoms with van der Waals surface area (Å²) in [6.07, 6.45) is -5.20.